The van der Waals surface area contributed by atoms with Crippen LogP contribution in [0.2, 0.25) is 0 Å². The Morgan fingerprint density at radius 1 is 1.44 bits per heavy atom. The average molecular weight is 255 g/mol. The van der Waals surface area contributed by atoms with E-state index in [1.807, 2.05) is 6.92 Å². The van der Waals surface area contributed by atoms with Gasteiger partial charge in [-0.25, -0.2) is 4.79 Å². The minimum atomic E-state index is -0.741. The van der Waals surface area contributed by atoms with Gasteiger partial charge in [-0.3, -0.25) is 4.79 Å². The molecule has 102 valence electrons. The van der Waals surface area contributed by atoms with Gasteiger partial charge in [-0.2, -0.15) is 0 Å². The highest BCUT2D eigenvalue weighted by Gasteiger charge is 2.45. The van der Waals surface area contributed by atoms with Crippen molar-refractivity contribution in [2.24, 2.45) is 0 Å². The molecule has 2 fully saturated rings. The lowest BCUT2D eigenvalue weighted by atomic mass is 10.0. The standard InChI is InChI=1S/C13H21NO4/c1-3-17-11(15)10-6-4-8-14(10)12(16)13(2)7-5-9-18-13/h10H,3-9H2,1-2H3. The average Bonchev–Trinajstić information content (AvgIpc) is 2.97. The summed E-state index contributed by atoms with van der Waals surface area (Å²) < 4.78 is 10.6. The zero-order valence-corrected chi connectivity index (χ0v) is 11.1. The molecule has 0 radical (unpaired) electrons. The van der Waals surface area contributed by atoms with E-state index in [1.165, 1.54) is 0 Å². The number of nitrogens with zero attached hydrogens (tertiary/aromatic N) is 1. The van der Waals surface area contributed by atoms with Crippen molar-refractivity contribution in [1.82, 2.24) is 4.90 Å². The van der Waals surface area contributed by atoms with Crippen molar-refractivity contribution in [3.05, 3.63) is 0 Å². The molecule has 0 aromatic carbocycles. The Kier molecular flexibility index (Phi) is 3.90. The summed E-state index contributed by atoms with van der Waals surface area (Å²) in [5, 5.41) is 0. The summed E-state index contributed by atoms with van der Waals surface area (Å²) >= 11 is 0. The monoisotopic (exact) mass is 255 g/mol. The third-order valence-electron chi connectivity index (χ3n) is 3.74. The first-order valence-electron chi connectivity index (χ1n) is 6.70. The zero-order chi connectivity index (χ0) is 13.2. The van der Waals surface area contributed by atoms with E-state index < -0.39 is 11.6 Å². The van der Waals surface area contributed by atoms with Crippen molar-refractivity contribution in [2.75, 3.05) is 19.8 Å². The van der Waals surface area contributed by atoms with E-state index in [1.54, 1.807) is 11.8 Å². The van der Waals surface area contributed by atoms with Crippen LogP contribution in [0.3, 0.4) is 0 Å². The van der Waals surface area contributed by atoms with Crippen LogP contribution < -0.4 is 0 Å². The topological polar surface area (TPSA) is 55.8 Å². The maximum atomic E-state index is 12.5. The first kappa shape index (κ1) is 13.3. The minimum Gasteiger partial charge on any atom is -0.464 e. The molecule has 2 unspecified atom stereocenters. The first-order valence-corrected chi connectivity index (χ1v) is 6.70. The van der Waals surface area contributed by atoms with E-state index in [-0.39, 0.29) is 11.9 Å². The van der Waals surface area contributed by atoms with Gasteiger partial charge in [-0.15, -0.1) is 0 Å². The van der Waals surface area contributed by atoms with Crippen LogP contribution in [0.4, 0.5) is 0 Å². The van der Waals surface area contributed by atoms with Gasteiger partial charge in [-0.1, -0.05) is 0 Å². The van der Waals surface area contributed by atoms with Crippen LogP contribution in [0, 0.1) is 0 Å². The number of carbonyl (C=O) groups excluding carboxylic acids is 2. The number of rotatable bonds is 3. The molecule has 0 spiro atoms. The summed E-state index contributed by atoms with van der Waals surface area (Å²) in [6.45, 7) is 5.20. The van der Waals surface area contributed by atoms with E-state index in [2.05, 4.69) is 0 Å². The van der Waals surface area contributed by atoms with Gasteiger partial charge >= 0.3 is 5.97 Å². The van der Waals surface area contributed by atoms with Crippen molar-refractivity contribution in [3.63, 3.8) is 0 Å². The van der Waals surface area contributed by atoms with Crippen LogP contribution in [0.25, 0.3) is 0 Å². The highest BCUT2D eigenvalue weighted by atomic mass is 16.5. The minimum absolute atomic E-state index is 0.0597. The van der Waals surface area contributed by atoms with Crippen LogP contribution in [0.5, 0.6) is 0 Å². The smallest absolute Gasteiger partial charge is 0.328 e. The quantitative estimate of drug-likeness (QED) is 0.709. The Bertz CT molecular complexity index is 336. The van der Waals surface area contributed by atoms with E-state index in [9.17, 15) is 9.59 Å². The Hall–Kier alpha value is -1.10. The van der Waals surface area contributed by atoms with Crippen molar-refractivity contribution in [3.8, 4) is 0 Å². The van der Waals surface area contributed by atoms with Crippen molar-refractivity contribution >= 4 is 11.9 Å². The molecule has 5 heteroatoms. The van der Waals surface area contributed by atoms with Crippen molar-refractivity contribution in [1.29, 1.82) is 0 Å². The second-order valence-corrected chi connectivity index (χ2v) is 5.09. The van der Waals surface area contributed by atoms with Crippen LogP contribution in [0.15, 0.2) is 0 Å². The van der Waals surface area contributed by atoms with Gasteiger partial charge in [0.25, 0.3) is 5.91 Å². The molecule has 0 bridgehead atoms. The lowest BCUT2D eigenvalue weighted by Crippen LogP contribution is -2.51. The van der Waals surface area contributed by atoms with Crippen LogP contribution in [0.1, 0.15) is 39.5 Å². The molecule has 2 rings (SSSR count). The van der Waals surface area contributed by atoms with Gasteiger partial charge in [-0.05, 0) is 39.5 Å². The number of amides is 1. The van der Waals surface area contributed by atoms with Crippen LogP contribution >= 0.6 is 0 Å². The summed E-state index contributed by atoms with van der Waals surface area (Å²) in [6.07, 6.45) is 3.18. The number of esters is 1. The maximum Gasteiger partial charge on any atom is 0.328 e. The number of hydrogen-bond acceptors (Lipinski definition) is 4. The lowest BCUT2D eigenvalue weighted by Gasteiger charge is -2.31. The SMILES string of the molecule is CCOC(=O)C1CCCN1C(=O)C1(C)CCCO1. The summed E-state index contributed by atoms with van der Waals surface area (Å²) in [4.78, 5) is 25.9. The summed E-state index contributed by atoms with van der Waals surface area (Å²) in [5.74, 6) is -0.347. The van der Waals surface area contributed by atoms with Gasteiger partial charge in [0.1, 0.15) is 11.6 Å². The summed E-state index contributed by atoms with van der Waals surface area (Å²) in [7, 11) is 0. The molecular weight excluding hydrogens is 234 g/mol. The highest BCUT2D eigenvalue weighted by Crippen LogP contribution is 2.30. The zero-order valence-electron chi connectivity index (χ0n) is 11.1. The fraction of sp³-hybridized carbons (Fsp3) is 0.846. The highest BCUT2D eigenvalue weighted by molar-refractivity contribution is 5.90. The molecule has 18 heavy (non-hydrogen) atoms. The van der Waals surface area contributed by atoms with E-state index in [0.29, 0.717) is 26.2 Å². The second-order valence-electron chi connectivity index (χ2n) is 5.09. The molecule has 1 amide bonds. The fourth-order valence-corrected chi connectivity index (χ4v) is 2.74. The first-order chi connectivity index (χ1) is 8.58. The normalized spacial score (nSPS) is 31.7. The molecule has 2 aliphatic heterocycles. The predicted molar refractivity (Wildman–Crippen MR) is 65.0 cm³/mol. The van der Waals surface area contributed by atoms with Gasteiger partial charge in [0.05, 0.1) is 6.61 Å². The summed E-state index contributed by atoms with van der Waals surface area (Å²) in [6, 6.07) is -0.418. The Morgan fingerprint density at radius 2 is 2.22 bits per heavy atom. The molecule has 2 heterocycles. The van der Waals surface area contributed by atoms with Crippen molar-refractivity contribution < 1.29 is 19.1 Å². The predicted octanol–water partition coefficient (Wildman–Crippen LogP) is 1.11. The Morgan fingerprint density at radius 3 is 2.83 bits per heavy atom. The van der Waals surface area contributed by atoms with E-state index in [4.69, 9.17) is 9.47 Å². The van der Waals surface area contributed by atoms with E-state index in [0.717, 1.165) is 19.3 Å². The molecule has 2 atom stereocenters. The molecule has 2 saturated heterocycles. The molecule has 0 aromatic rings. The van der Waals surface area contributed by atoms with Gasteiger partial charge < -0.3 is 14.4 Å². The largest absolute Gasteiger partial charge is 0.464 e. The summed E-state index contributed by atoms with van der Waals surface area (Å²) in [5.41, 5.74) is -0.741. The number of carbonyl (C=O) groups is 2. The molecule has 0 aromatic heterocycles. The third kappa shape index (κ3) is 2.36. The fourth-order valence-electron chi connectivity index (χ4n) is 2.74. The van der Waals surface area contributed by atoms with Crippen LogP contribution in [-0.4, -0.2) is 48.2 Å². The molecule has 5 nitrogen and oxygen atoms in total. The molecule has 0 aliphatic carbocycles. The second kappa shape index (κ2) is 5.26. The van der Waals surface area contributed by atoms with Gasteiger partial charge in [0.15, 0.2) is 0 Å². The van der Waals surface area contributed by atoms with E-state index >= 15 is 0 Å². The molecule has 2 aliphatic rings. The Labute approximate surface area is 107 Å². The number of ether oxygens (including phenoxy) is 2. The van der Waals surface area contributed by atoms with Gasteiger partial charge in [0.2, 0.25) is 0 Å². The maximum absolute atomic E-state index is 12.5. The lowest BCUT2D eigenvalue weighted by molar-refractivity contribution is -0.161. The van der Waals surface area contributed by atoms with Crippen LogP contribution in [-0.2, 0) is 19.1 Å². The van der Waals surface area contributed by atoms with Crippen molar-refractivity contribution in [2.45, 2.75) is 51.2 Å². The Balaban J connectivity index is 2.07. The third-order valence-corrected chi connectivity index (χ3v) is 3.74. The molecular formula is C13H21NO4. The molecule has 0 saturated carbocycles. The number of hydrogen-bond donors (Lipinski definition) is 0. The number of likely N-dealkylation sites (tertiary alicyclic amines) is 1. The molecule has 0 N–H and O–H groups in total. The van der Waals surface area contributed by atoms with Gasteiger partial charge in [0, 0.05) is 13.2 Å².